The molecule has 0 saturated heterocycles. The van der Waals surface area contributed by atoms with Crippen molar-refractivity contribution in [1.29, 1.82) is 0 Å². The smallest absolute Gasteiger partial charge is 0.272 e. The number of carbonyl (C=O) groups is 1. The first-order chi connectivity index (χ1) is 12.2. The molecule has 25 heavy (non-hydrogen) atoms. The molecule has 5 nitrogen and oxygen atoms in total. The number of benzene rings is 2. The van der Waals surface area contributed by atoms with Gasteiger partial charge in [0, 0.05) is 4.47 Å². The summed E-state index contributed by atoms with van der Waals surface area (Å²) in [5.41, 5.74) is 1.71. The van der Waals surface area contributed by atoms with E-state index in [0.29, 0.717) is 5.52 Å². The number of ether oxygens (including phenoxy) is 1. The second-order valence-corrected chi connectivity index (χ2v) is 5.94. The summed E-state index contributed by atoms with van der Waals surface area (Å²) >= 11 is 3.37. The van der Waals surface area contributed by atoms with Gasteiger partial charge in [0.05, 0.1) is 23.8 Å². The van der Waals surface area contributed by atoms with Crippen molar-refractivity contribution >= 4 is 32.9 Å². The van der Waals surface area contributed by atoms with E-state index in [0.717, 1.165) is 15.7 Å². The molecule has 3 rings (SSSR count). The normalized spacial score (nSPS) is 9.96. The Balaban J connectivity index is 1.49. The lowest BCUT2D eigenvalue weighted by molar-refractivity contribution is 0.0953. The molecule has 1 amide bonds. The molecule has 0 saturated carbocycles. The van der Waals surface area contributed by atoms with E-state index in [1.807, 2.05) is 48.5 Å². The van der Waals surface area contributed by atoms with Gasteiger partial charge in [0.15, 0.2) is 0 Å². The number of hydrogen-bond donors (Lipinski definition) is 1. The van der Waals surface area contributed by atoms with Crippen molar-refractivity contribution in [1.82, 2.24) is 15.3 Å². The lowest BCUT2D eigenvalue weighted by Crippen LogP contribution is -2.24. The number of nitrogens with one attached hydrogen (secondary N) is 1. The maximum Gasteiger partial charge on any atom is 0.272 e. The van der Waals surface area contributed by atoms with Gasteiger partial charge in [0.1, 0.15) is 18.1 Å². The van der Waals surface area contributed by atoms with Gasteiger partial charge in [-0.25, -0.2) is 4.98 Å². The largest absolute Gasteiger partial charge is 0.481 e. The van der Waals surface area contributed by atoms with Crippen LogP contribution in [0.2, 0.25) is 0 Å². The number of para-hydroxylation sites is 2. The molecule has 6 heteroatoms. The zero-order valence-corrected chi connectivity index (χ0v) is 14.8. The van der Waals surface area contributed by atoms with Crippen LogP contribution in [0.25, 0.3) is 11.0 Å². The van der Waals surface area contributed by atoms with Crippen LogP contribution in [0.1, 0.15) is 10.5 Å². The first-order valence-electron chi connectivity index (χ1n) is 7.56. The predicted molar refractivity (Wildman–Crippen MR) is 99.3 cm³/mol. The first-order valence-corrected chi connectivity index (χ1v) is 8.36. The SMILES string of the molecule is O=C(NCC#CCOc1cccc(Br)c1)c1cnc2ccccc2n1. The highest BCUT2D eigenvalue weighted by molar-refractivity contribution is 9.10. The van der Waals surface area contributed by atoms with Crippen LogP contribution in [-0.2, 0) is 0 Å². The maximum atomic E-state index is 12.1. The molecule has 1 heterocycles. The molecule has 1 aromatic heterocycles. The fourth-order valence-electron chi connectivity index (χ4n) is 2.07. The van der Waals surface area contributed by atoms with Gasteiger partial charge in [0.2, 0.25) is 0 Å². The van der Waals surface area contributed by atoms with Crippen molar-refractivity contribution in [3.05, 3.63) is 64.9 Å². The molecule has 0 bridgehead atoms. The molecule has 0 spiro atoms. The fourth-order valence-corrected chi connectivity index (χ4v) is 2.45. The third-order valence-electron chi connectivity index (χ3n) is 3.25. The van der Waals surface area contributed by atoms with Crippen LogP contribution in [0.4, 0.5) is 0 Å². The lowest BCUT2D eigenvalue weighted by atomic mass is 10.3. The Bertz CT molecular complexity index is 963. The highest BCUT2D eigenvalue weighted by atomic mass is 79.9. The van der Waals surface area contributed by atoms with E-state index in [2.05, 4.69) is 43.1 Å². The summed E-state index contributed by atoms with van der Waals surface area (Å²) in [7, 11) is 0. The zero-order valence-electron chi connectivity index (χ0n) is 13.2. The van der Waals surface area contributed by atoms with Crippen LogP contribution in [0.15, 0.2) is 59.2 Å². The van der Waals surface area contributed by atoms with Gasteiger partial charge in [-0.05, 0) is 30.3 Å². The summed E-state index contributed by atoms with van der Waals surface area (Å²) in [6.45, 7) is 0.470. The number of amides is 1. The number of nitrogens with zero attached hydrogens (tertiary/aromatic N) is 2. The Morgan fingerprint density at radius 1 is 1.12 bits per heavy atom. The van der Waals surface area contributed by atoms with E-state index in [1.165, 1.54) is 6.20 Å². The molecular formula is C19H14BrN3O2. The van der Waals surface area contributed by atoms with Crippen LogP contribution >= 0.6 is 15.9 Å². The number of fused-ring (bicyclic) bond motifs is 1. The minimum Gasteiger partial charge on any atom is -0.481 e. The molecule has 0 aliphatic heterocycles. The molecular weight excluding hydrogens is 382 g/mol. The lowest BCUT2D eigenvalue weighted by Gasteiger charge is -2.02. The van der Waals surface area contributed by atoms with Gasteiger partial charge in [-0.3, -0.25) is 9.78 Å². The van der Waals surface area contributed by atoms with Gasteiger partial charge >= 0.3 is 0 Å². The number of carbonyl (C=O) groups excluding carboxylic acids is 1. The molecule has 2 aromatic carbocycles. The summed E-state index contributed by atoms with van der Waals surface area (Å²) < 4.78 is 6.43. The summed E-state index contributed by atoms with van der Waals surface area (Å²) in [6.07, 6.45) is 1.46. The Morgan fingerprint density at radius 2 is 1.96 bits per heavy atom. The van der Waals surface area contributed by atoms with Gasteiger partial charge in [-0.1, -0.05) is 46.0 Å². The molecule has 1 N–H and O–H groups in total. The molecule has 0 fully saturated rings. The second kappa shape index (κ2) is 8.27. The van der Waals surface area contributed by atoms with Gasteiger partial charge < -0.3 is 10.1 Å². The molecule has 0 aliphatic carbocycles. The third-order valence-corrected chi connectivity index (χ3v) is 3.74. The van der Waals surface area contributed by atoms with E-state index in [4.69, 9.17) is 4.74 Å². The van der Waals surface area contributed by atoms with E-state index >= 15 is 0 Å². The number of halogens is 1. The average molecular weight is 396 g/mol. The molecule has 0 atom stereocenters. The van der Waals surface area contributed by atoms with Crippen LogP contribution in [0.3, 0.4) is 0 Å². The molecule has 124 valence electrons. The van der Waals surface area contributed by atoms with Gasteiger partial charge in [0.25, 0.3) is 5.91 Å². The van der Waals surface area contributed by atoms with Gasteiger partial charge in [-0.15, -0.1) is 0 Å². The van der Waals surface area contributed by atoms with E-state index in [9.17, 15) is 4.79 Å². The minimum atomic E-state index is -0.305. The highest BCUT2D eigenvalue weighted by Gasteiger charge is 2.07. The Kier molecular flexibility index (Phi) is 5.60. The quantitative estimate of drug-likeness (QED) is 0.688. The predicted octanol–water partition coefficient (Wildman–Crippen LogP) is 3.20. The van der Waals surface area contributed by atoms with Crippen molar-refractivity contribution in [3.8, 4) is 17.6 Å². The summed E-state index contributed by atoms with van der Waals surface area (Å²) in [5, 5.41) is 2.69. The van der Waals surface area contributed by atoms with Crippen molar-refractivity contribution in [2.24, 2.45) is 0 Å². The topological polar surface area (TPSA) is 64.1 Å². The average Bonchev–Trinajstić information content (AvgIpc) is 2.64. The van der Waals surface area contributed by atoms with Gasteiger partial charge in [-0.2, -0.15) is 0 Å². The van der Waals surface area contributed by atoms with Crippen molar-refractivity contribution in [2.75, 3.05) is 13.2 Å². The monoisotopic (exact) mass is 395 g/mol. The van der Waals surface area contributed by atoms with Crippen LogP contribution in [0.5, 0.6) is 5.75 Å². The summed E-state index contributed by atoms with van der Waals surface area (Å²) in [5.74, 6) is 6.12. The van der Waals surface area contributed by atoms with Crippen molar-refractivity contribution in [3.63, 3.8) is 0 Å². The number of aromatic nitrogens is 2. The molecule has 0 radical (unpaired) electrons. The minimum absolute atomic E-state index is 0.217. The summed E-state index contributed by atoms with van der Waals surface area (Å²) in [6, 6.07) is 14.9. The number of hydrogen-bond acceptors (Lipinski definition) is 4. The molecule has 0 unspecified atom stereocenters. The fraction of sp³-hybridized carbons (Fsp3) is 0.105. The molecule has 0 aliphatic rings. The summed E-state index contributed by atoms with van der Waals surface area (Å²) in [4.78, 5) is 20.6. The highest BCUT2D eigenvalue weighted by Crippen LogP contribution is 2.17. The maximum absolute atomic E-state index is 12.1. The van der Waals surface area contributed by atoms with E-state index < -0.39 is 0 Å². The van der Waals surface area contributed by atoms with Crippen LogP contribution in [-0.4, -0.2) is 29.0 Å². The Hall–Kier alpha value is -2.91. The van der Waals surface area contributed by atoms with Crippen molar-refractivity contribution < 1.29 is 9.53 Å². The van der Waals surface area contributed by atoms with Crippen LogP contribution < -0.4 is 10.1 Å². The first kappa shape index (κ1) is 16.9. The standard InChI is InChI=1S/C19H14BrN3O2/c20-14-6-5-7-15(12-14)25-11-4-3-10-21-19(24)18-13-22-16-8-1-2-9-17(16)23-18/h1-2,5-9,12-13H,10-11H2,(H,21,24). The Labute approximate surface area is 153 Å². The van der Waals surface area contributed by atoms with E-state index in [1.54, 1.807) is 0 Å². The van der Waals surface area contributed by atoms with Crippen molar-refractivity contribution in [2.45, 2.75) is 0 Å². The Morgan fingerprint density at radius 3 is 2.80 bits per heavy atom. The third kappa shape index (κ3) is 4.78. The van der Waals surface area contributed by atoms with Crippen LogP contribution in [0, 0.1) is 11.8 Å². The van der Waals surface area contributed by atoms with E-state index in [-0.39, 0.29) is 24.8 Å². The second-order valence-electron chi connectivity index (χ2n) is 5.03. The molecule has 3 aromatic rings. The number of rotatable bonds is 4. The zero-order chi connectivity index (χ0) is 17.5.